The predicted molar refractivity (Wildman–Crippen MR) is 75.8 cm³/mol. The van der Waals surface area contributed by atoms with Gasteiger partial charge >= 0.3 is 0 Å². The van der Waals surface area contributed by atoms with E-state index in [1.54, 1.807) is 13.2 Å². The van der Waals surface area contributed by atoms with E-state index in [-0.39, 0.29) is 0 Å². The van der Waals surface area contributed by atoms with E-state index in [2.05, 4.69) is 10.2 Å². The zero-order valence-corrected chi connectivity index (χ0v) is 11.7. The van der Waals surface area contributed by atoms with Crippen molar-refractivity contribution in [1.29, 1.82) is 0 Å². The highest BCUT2D eigenvalue weighted by molar-refractivity contribution is 7.15. The van der Waals surface area contributed by atoms with Crippen LogP contribution in [0.25, 0.3) is 16.2 Å². The van der Waals surface area contributed by atoms with Crippen LogP contribution in [0.1, 0.15) is 5.82 Å². The summed E-state index contributed by atoms with van der Waals surface area (Å²) in [4.78, 5) is 0.803. The van der Waals surface area contributed by atoms with Crippen molar-refractivity contribution in [3.63, 3.8) is 0 Å². The largest absolute Gasteiger partial charge is 0.496 e. The number of nitrogens with zero attached hydrogens (tertiary/aromatic N) is 3. The molecule has 3 rings (SSSR count). The Bertz CT molecular complexity index is 736. The average molecular weight is 295 g/mol. The number of nitrogens with two attached hydrogens (primary N) is 1. The standard InChI is InChI=1S/C12H11ClN4OS/c1-18-10-3-2-7(13)4-8(10)9-6-19-12-16-15-11(5-14)17(9)12/h2-4,6H,5,14H2,1H3. The molecule has 2 N–H and O–H groups in total. The molecule has 5 nitrogen and oxygen atoms in total. The van der Waals surface area contributed by atoms with Crippen molar-refractivity contribution in [2.24, 2.45) is 5.73 Å². The molecule has 0 spiro atoms. The van der Waals surface area contributed by atoms with Crippen LogP contribution in [0.3, 0.4) is 0 Å². The molecule has 2 heterocycles. The van der Waals surface area contributed by atoms with Gasteiger partial charge in [0.25, 0.3) is 0 Å². The van der Waals surface area contributed by atoms with Gasteiger partial charge in [0.15, 0.2) is 5.82 Å². The Morgan fingerprint density at radius 3 is 3.00 bits per heavy atom. The van der Waals surface area contributed by atoms with Crippen LogP contribution in [0.2, 0.25) is 5.02 Å². The first-order valence-electron chi connectivity index (χ1n) is 5.60. The number of thiazole rings is 1. The van der Waals surface area contributed by atoms with Crippen LogP contribution in [0.4, 0.5) is 0 Å². The van der Waals surface area contributed by atoms with E-state index >= 15 is 0 Å². The summed E-state index contributed by atoms with van der Waals surface area (Å²) in [5, 5.41) is 10.8. The second-order valence-electron chi connectivity index (χ2n) is 3.90. The normalized spacial score (nSPS) is 11.1. The molecule has 0 atom stereocenters. The second kappa shape index (κ2) is 4.80. The maximum Gasteiger partial charge on any atom is 0.216 e. The van der Waals surface area contributed by atoms with Crippen molar-refractivity contribution in [3.8, 4) is 17.0 Å². The minimum Gasteiger partial charge on any atom is -0.496 e. The topological polar surface area (TPSA) is 65.4 Å². The van der Waals surface area contributed by atoms with Gasteiger partial charge in [-0.15, -0.1) is 21.5 Å². The fraction of sp³-hybridized carbons (Fsp3) is 0.167. The highest BCUT2D eigenvalue weighted by Gasteiger charge is 2.15. The third kappa shape index (κ3) is 1.98. The van der Waals surface area contributed by atoms with E-state index in [4.69, 9.17) is 22.1 Å². The summed E-state index contributed by atoms with van der Waals surface area (Å²) >= 11 is 7.58. The van der Waals surface area contributed by atoms with Gasteiger partial charge in [0.2, 0.25) is 4.96 Å². The fourth-order valence-electron chi connectivity index (χ4n) is 1.98. The number of benzene rings is 1. The Labute approximate surface area is 118 Å². The number of methoxy groups -OCH3 is 1. The van der Waals surface area contributed by atoms with E-state index in [1.807, 2.05) is 21.9 Å². The van der Waals surface area contributed by atoms with Gasteiger partial charge in [0.05, 0.1) is 19.3 Å². The zero-order valence-electron chi connectivity index (χ0n) is 10.1. The highest BCUT2D eigenvalue weighted by Crippen LogP contribution is 2.35. The quantitative estimate of drug-likeness (QED) is 0.806. The Morgan fingerprint density at radius 2 is 2.26 bits per heavy atom. The monoisotopic (exact) mass is 294 g/mol. The van der Waals surface area contributed by atoms with E-state index < -0.39 is 0 Å². The number of hydrogen-bond donors (Lipinski definition) is 1. The molecule has 98 valence electrons. The minimum atomic E-state index is 0.327. The molecule has 19 heavy (non-hydrogen) atoms. The van der Waals surface area contributed by atoms with Crippen LogP contribution < -0.4 is 10.5 Å². The van der Waals surface area contributed by atoms with Crippen LogP contribution >= 0.6 is 22.9 Å². The van der Waals surface area contributed by atoms with Gasteiger partial charge in [-0.2, -0.15) is 0 Å². The number of aromatic nitrogens is 3. The molecule has 0 radical (unpaired) electrons. The van der Waals surface area contributed by atoms with Gasteiger partial charge < -0.3 is 10.5 Å². The fourth-order valence-corrected chi connectivity index (χ4v) is 2.99. The molecule has 1 aromatic carbocycles. The lowest BCUT2D eigenvalue weighted by Crippen LogP contribution is -2.03. The highest BCUT2D eigenvalue weighted by atomic mass is 35.5. The summed E-state index contributed by atoms with van der Waals surface area (Å²) in [5.41, 5.74) is 7.52. The Balaban J connectivity index is 2.29. The van der Waals surface area contributed by atoms with Crippen LogP contribution in [0.15, 0.2) is 23.6 Å². The van der Waals surface area contributed by atoms with Gasteiger partial charge in [-0.25, -0.2) is 0 Å². The van der Waals surface area contributed by atoms with Gasteiger partial charge in [-0.05, 0) is 18.2 Å². The van der Waals surface area contributed by atoms with Gasteiger partial charge in [-0.1, -0.05) is 11.6 Å². The maximum atomic E-state index is 6.07. The van der Waals surface area contributed by atoms with E-state index in [1.165, 1.54) is 11.3 Å². The molecule has 0 bridgehead atoms. The first kappa shape index (κ1) is 12.4. The molecule has 3 aromatic rings. The number of rotatable bonds is 3. The molecular formula is C12H11ClN4OS. The van der Waals surface area contributed by atoms with Crippen molar-refractivity contribution in [1.82, 2.24) is 14.6 Å². The van der Waals surface area contributed by atoms with E-state index in [0.717, 1.165) is 22.0 Å². The molecule has 0 aliphatic heterocycles. The van der Waals surface area contributed by atoms with E-state index in [0.29, 0.717) is 17.4 Å². The molecule has 2 aromatic heterocycles. The van der Waals surface area contributed by atoms with E-state index in [9.17, 15) is 0 Å². The molecule has 0 saturated carbocycles. The Kier molecular flexibility index (Phi) is 3.14. The van der Waals surface area contributed by atoms with Crippen molar-refractivity contribution in [3.05, 3.63) is 34.4 Å². The van der Waals surface area contributed by atoms with Gasteiger partial charge in [-0.3, -0.25) is 4.40 Å². The summed E-state index contributed by atoms with van der Waals surface area (Å²) in [6.45, 7) is 0.327. The molecule has 0 amide bonds. The zero-order chi connectivity index (χ0) is 13.4. The third-order valence-corrected chi connectivity index (χ3v) is 3.89. The maximum absolute atomic E-state index is 6.07. The third-order valence-electron chi connectivity index (χ3n) is 2.84. The smallest absolute Gasteiger partial charge is 0.216 e. The van der Waals surface area contributed by atoms with Crippen molar-refractivity contribution < 1.29 is 4.74 Å². The van der Waals surface area contributed by atoms with Crippen LogP contribution in [0, 0.1) is 0 Å². The summed E-state index contributed by atoms with van der Waals surface area (Å²) in [6.07, 6.45) is 0. The SMILES string of the molecule is COc1ccc(Cl)cc1-c1csc2nnc(CN)n12. The van der Waals surface area contributed by atoms with Gasteiger partial charge in [0.1, 0.15) is 5.75 Å². The lowest BCUT2D eigenvalue weighted by atomic mass is 10.1. The van der Waals surface area contributed by atoms with Crippen LogP contribution in [0.5, 0.6) is 5.75 Å². The number of hydrogen-bond acceptors (Lipinski definition) is 5. The number of ether oxygens (including phenoxy) is 1. The number of fused-ring (bicyclic) bond motifs is 1. The molecule has 0 saturated heterocycles. The second-order valence-corrected chi connectivity index (χ2v) is 5.18. The average Bonchev–Trinajstić information content (AvgIpc) is 2.99. The first-order chi connectivity index (χ1) is 9.24. The van der Waals surface area contributed by atoms with Crippen molar-refractivity contribution in [2.75, 3.05) is 7.11 Å². The predicted octanol–water partition coefficient (Wildman–Crippen LogP) is 2.58. The molecular weight excluding hydrogens is 284 g/mol. The van der Waals surface area contributed by atoms with Gasteiger partial charge in [0, 0.05) is 16.0 Å². The summed E-state index contributed by atoms with van der Waals surface area (Å²) in [6, 6.07) is 5.50. The molecule has 0 aliphatic carbocycles. The summed E-state index contributed by atoms with van der Waals surface area (Å²) < 4.78 is 7.31. The van der Waals surface area contributed by atoms with Crippen molar-refractivity contribution >= 4 is 27.9 Å². The van der Waals surface area contributed by atoms with Crippen molar-refractivity contribution in [2.45, 2.75) is 6.54 Å². The molecule has 7 heteroatoms. The molecule has 0 aliphatic rings. The number of halogens is 1. The Hall–Kier alpha value is -1.63. The summed E-state index contributed by atoms with van der Waals surface area (Å²) in [7, 11) is 1.63. The van der Waals surface area contributed by atoms with Crippen LogP contribution in [-0.4, -0.2) is 21.7 Å². The lowest BCUT2D eigenvalue weighted by molar-refractivity contribution is 0.416. The molecule has 0 unspecified atom stereocenters. The lowest BCUT2D eigenvalue weighted by Gasteiger charge is -2.08. The Morgan fingerprint density at radius 1 is 1.42 bits per heavy atom. The summed E-state index contributed by atoms with van der Waals surface area (Å²) in [5.74, 6) is 1.47. The molecule has 0 fully saturated rings. The van der Waals surface area contributed by atoms with Crippen LogP contribution in [-0.2, 0) is 6.54 Å². The first-order valence-corrected chi connectivity index (χ1v) is 6.86. The minimum absolute atomic E-state index is 0.327.